The summed E-state index contributed by atoms with van der Waals surface area (Å²) in [5.41, 5.74) is 0. The Labute approximate surface area is 60.3 Å². The maximum absolute atomic E-state index is 5.47. The van der Waals surface area contributed by atoms with E-state index in [1.807, 2.05) is 0 Å². The molecule has 0 aliphatic carbocycles. The minimum Gasteiger partial charge on any atom is -0.361 e. The van der Waals surface area contributed by atoms with E-state index >= 15 is 0 Å². The fourth-order valence-corrected chi connectivity index (χ4v) is 1.50. The first kappa shape index (κ1) is 6.58. The molecule has 0 aromatic heterocycles. The van der Waals surface area contributed by atoms with Crippen molar-refractivity contribution in [3.05, 3.63) is 0 Å². The normalized spacial score (nSPS) is 51.0. The number of hydrogen-bond donors (Lipinski definition) is 0. The number of ether oxygens (including phenoxy) is 3. The maximum Gasteiger partial charge on any atom is 0.186 e. The highest BCUT2D eigenvalue weighted by Crippen LogP contribution is 2.40. The van der Waals surface area contributed by atoms with Crippen molar-refractivity contribution in [2.75, 3.05) is 7.11 Å². The summed E-state index contributed by atoms with van der Waals surface area (Å²) in [6.45, 7) is 2.10. The molecule has 0 radical (unpaired) electrons. The monoisotopic (exact) mass is 144 g/mol. The third kappa shape index (κ3) is 0.779. The Hall–Kier alpha value is -0.120. The van der Waals surface area contributed by atoms with Gasteiger partial charge in [-0.1, -0.05) is 6.92 Å². The highest BCUT2D eigenvalue weighted by atomic mass is 16.8. The third-order valence-electron chi connectivity index (χ3n) is 2.14. The second kappa shape index (κ2) is 2.19. The highest BCUT2D eigenvalue weighted by molar-refractivity contribution is 4.99. The van der Waals surface area contributed by atoms with Gasteiger partial charge in [0, 0.05) is 7.11 Å². The largest absolute Gasteiger partial charge is 0.361 e. The lowest BCUT2D eigenvalue weighted by atomic mass is 10.2. The summed E-state index contributed by atoms with van der Waals surface area (Å²) in [6, 6.07) is 0. The summed E-state index contributed by atoms with van der Waals surface area (Å²) < 4.78 is 15.8. The smallest absolute Gasteiger partial charge is 0.186 e. The van der Waals surface area contributed by atoms with Crippen LogP contribution in [0.25, 0.3) is 0 Å². The molecule has 2 saturated heterocycles. The molecule has 0 spiro atoms. The van der Waals surface area contributed by atoms with Crippen LogP contribution in [-0.4, -0.2) is 31.7 Å². The molecule has 3 heteroatoms. The predicted molar refractivity (Wildman–Crippen MR) is 34.6 cm³/mol. The lowest BCUT2D eigenvalue weighted by molar-refractivity contribution is -0.158. The molecule has 2 rings (SSSR count). The van der Waals surface area contributed by atoms with E-state index in [0.29, 0.717) is 6.10 Å². The van der Waals surface area contributed by atoms with Crippen molar-refractivity contribution in [3.63, 3.8) is 0 Å². The summed E-state index contributed by atoms with van der Waals surface area (Å²) in [7, 11) is 1.65. The summed E-state index contributed by atoms with van der Waals surface area (Å²) in [5, 5.41) is 0. The number of epoxide rings is 1. The van der Waals surface area contributed by atoms with Crippen molar-refractivity contribution in [3.8, 4) is 0 Å². The van der Waals surface area contributed by atoms with Crippen molar-refractivity contribution in [1.29, 1.82) is 0 Å². The van der Waals surface area contributed by atoms with Crippen LogP contribution < -0.4 is 0 Å². The van der Waals surface area contributed by atoms with Crippen LogP contribution in [0.15, 0.2) is 0 Å². The fraction of sp³-hybridized carbons (Fsp3) is 1.00. The number of rotatable bonds is 2. The summed E-state index contributed by atoms with van der Waals surface area (Å²) in [4.78, 5) is 0. The van der Waals surface area contributed by atoms with Crippen LogP contribution in [0, 0.1) is 0 Å². The van der Waals surface area contributed by atoms with Crippen LogP contribution in [0.1, 0.15) is 13.3 Å². The van der Waals surface area contributed by atoms with E-state index < -0.39 is 0 Å². The van der Waals surface area contributed by atoms with E-state index in [1.165, 1.54) is 0 Å². The van der Waals surface area contributed by atoms with Crippen LogP contribution in [0.5, 0.6) is 0 Å². The molecular weight excluding hydrogens is 132 g/mol. The number of hydrogen-bond acceptors (Lipinski definition) is 3. The first-order chi connectivity index (χ1) is 4.86. The molecule has 0 aromatic carbocycles. The van der Waals surface area contributed by atoms with Crippen molar-refractivity contribution in [2.24, 2.45) is 0 Å². The van der Waals surface area contributed by atoms with Crippen molar-refractivity contribution < 1.29 is 14.2 Å². The third-order valence-corrected chi connectivity index (χ3v) is 2.14. The minimum absolute atomic E-state index is 0.102. The summed E-state index contributed by atoms with van der Waals surface area (Å²) in [6.07, 6.45) is 1.75. The predicted octanol–water partition coefficient (Wildman–Crippen LogP) is 0.535. The number of methoxy groups -OCH3 is 1. The molecule has 2 fully saturated rings. The van der Waals surface area contributed by atoms with Crippen LogP contribution >= 0.6 is 0 Å². The molecule has 3 nitrogen and oxygen atoms in total. The lowest BCUT2D eigenvalue weighted by Crippen LogP contribution is -2.20. The van der Waals surface area contributed by atoms with Gasteiger partial charge in [0.05, 0.1) is 6.10 Å². The van der Waals surface area contributed by atoms with Gasteiger partial charge in [-0.3, -0.25) is 0 Å². The first-order valence-electron chi connectivity index (χ1n) is 3.70. The molecule has 0 amide bonds. The Kier molecular flexibility index (Phi) is 1.44. The van der Waals surface area contributed by atoms with Crippen molar-refractivity contribution in [2.45, 2.75) is 37.9 Å². The molecule has 0 N–H and O–H groups in total. The minimum atomic E-state index is -0.102. The van der Waals surface area contributed by atoms with Crippen LogP contribution in [0.3, 0.4) is 0 Å². The molecule has 10 heavy (non-hydrogen) atoms. The maximum atomic E-state index is 5.47. The Morgan fingerprint density at radius 2 is 2.10 bits per heavy atom. The fourth-order valence-electron chi connectivity index (χ4n) is 1.50. The van der Waals surface area contributed by atoms with Gasteiger partial charge in [0.1, 0.15) is 12.2 Å². The van der Waals surface area contributed by atoms with Crippen LogP contribution in [0.4, 0.5) is 0 Å². The van der Waals surface area contributed by atoms with Gasteiger partial charge in [-0.25, -0.2) is 0 Å². The highest BCUT2D eigenvalue weighted by Gasteiger charge is 2.57. The van der Waals surface area contributed by atoms with Gasteiger partial charge < -0.3 is 14.2 Å². The zero-order chi connectivity index (χ0) is 7.14. The molecule has 0 bridgehead atoms. The molecular formula is C7H12O3. The first-order valence-corrected chi connectivity index (χ1v) is 3.70. The Balaban J connectivity index is 1.95. The summed E-state index contributed by atoms with van der Waals surface area (Å²) >= 11 is 0. The number of fused-ring (bicyclic) bond motifs is 1. The van der Waals surface area contributed by atoms with Gasteiger partial charge in [0.2, 0.25) is 0 Å². The van der Waals surface area contributed by atoms with Gasteiger partial charge in [0.25, 0.3) is 0 Å². The quantitative estimate of drug-likeness (QED) is 0.530. The van der Waals surface area contributed by atoms with Crippen molar-refractivity contribution >= 4 is 0 Å². The Bertz CT molecular complexity index is 123. The van der Waals surface area contributed by atoms with Crippen LogP contribution in [-0.2, 0) is 14.2 Å². The standard InChI is InChI=1S/C7H12O3/c1-3-4-5-6(10-5)7(8-2)9-4/h4-7H,3H2,1-2H3/t4-,5+,6?,7-/m1/s1. The van der Waals surface area contributed by atoms with Gasteiger partial charge in [-0.2, -0.15) is 0 Å². The zero-order valence-corrected chi connectivity index (χ0v) is 6.24. The molecule has 4 atom stereocenters. The lowest BCUT2D eigenvalue weighted by Gasteiger charge is -2.13. The second-order valence-corrected chi connectivity index (χ2v) is 2.75. The average molecular weight is 144 g/mol. The Morgan fingerprint density at radius 1 is 1.30 bits per heavy atom. The molecule has 2 aliphatic rings. The van der Waals surface area contributed by atoms with Crippen molar-refractivity contribution in [1.82, 2.24) is 0 Å². The topological polar surface area (TPSA) is 31.0 Å². The zero-order valence-electron chi connectivity index (χ0n) is 6.24. The summed E-state index contributed by atoms with van der Waals surface area (Å²) in [5.74, 6) is 0. The van der Waals surface area contributed by atoms with E-state index in [4.69, 9.17) is 14.2 Å². The average Bonchev–Trinajstić information content (AvgIpc) is 2.67. The van der Waals surface area contributed by atoms with Gasteiger partial charge in [-0.05, 0) is 6.42 Å². The molecule has 0 saturated carbocycles. The molecule has 2 heterocycles. The van der Waals surface area contributed by atoms with Gasteiger partial charge >= 0.3 is 0 Å². The SMILES string of the molecule is CC[C@H]1O[C@@H](OC)C2O[C@H]21. The van der Waals surface area contributed by atoms with E-state index in [-0.39, 0.29) is 18.5 Å². The van der Waals surface area contributed by atoms with Crippen LogP contribution in [0.2, 0.25) is 0 Å². The molecule has 1 unspecified atom stereocenters. The second-order valence-electron chi connectivity index (χ2n) is 2.75. The van der Waals surface area contributed by atoms with Gasteiger partial charge in [-0.15, -0.1) is 0 Å². The van der Waals surface area contributed by atoms with E-state index in [9.17, 15) is 0 Å². The van der Waals surface area contributed by atoms with E-state index in [1.54, 1.807) is 7.11 Å². The Morgan fingerprint density at radius 3 is 2.50 bits per heavy atom. The van der Waals surface area contributed by atoms with E-state index in [2.05, 4.69) is 6.92 Å². The molecule has 2 aliphatic heterocycles. The molecule has 0 aromatic rings. The van der Waals surface area contributed by atoms with Gasteiger partial charge in [0.15, 0.2) is 6.29 Å². The van der Waals surface area contributed by atoms with E-state index in [0.717, 1.165) is 6.42 Å². The molecule has 58 valence electrons.